The number of hydrazine groups is 1. The third-order valence-electron chi connectivity index (χ3n) is 4.02. The Bertz CT molecular complexity index is 974. The normalized spacial score (nSPS) is 10.6. The summed E-state index contributed by atoms with van der Waals surface area (Å²) in [4.78, 5) is 39.2. The quantitative estimate of drug-likeness (QED) is 0.118. The summed E-state index contributed by atoms with van der Waals surface area (Å²) in [6.07, 6.45) is 1.25. The number of phenolic OH excluding ortho intramolecular Hbond substituents is 1. The summed E-state index contributed by atoms with van der Waals surface area (Å²) in [5, 5.41) is 24.1. The van der Waals surface area contributed by atoms with Gasteiger partial charge in [-0.2, -0.15) is 0 Å². The minimum Gasteiger partial charge on any atom is -0.505 e. The summed E-state index contributed by atoms with van der Waals surface area (Å²) < 4.78 is 0. The molecule has 0 saturated carbocycles. The number of aliphatic carboxylic acids is 1. The molecule has 10 heteroatoms. The van der Waals surface area contributed by atoms with E-state index in [1.807, 2.05) is 0 Å². The van der Waals surface area contributed by atoms with Crippen molar-refractivity contribution in [3.05, 3.63) is 53.1 Å². The molecule has 0 aromatic heterocycles. The zero-order valence-corrected chi connectivity index (χ0v) is 16.3. The minimum absolute atomic E-state index is 0.126. The topological polar surface area (TPSA) is 166 Å². The molecule has 0 unspecified atom stereocenters. The number of benzene rings is 2. The van der Waals surface area contributed by atoms with Gasteiger partial charge < -0.3 is 26.3 Å². The Hall–Kier alpha value is -3.92. The molecule has 7 N–H and O–H groups in total. The van der Waals surface area contributed by atoms with Crippen LogP contribution in [0.4, 0.5) is 11.4 Å². The molecule has 158 valence electrons. The number of aliphatic imine (C=N–C) groups is 1. The van der Waals surface area contributed by atoms with E-state index in [-0.39, 0.29) is 30.8 Å². The number of anilines is 1. The first-order valence-corrected chi connectivity index (χ1v) is 9.01. The maximum Gasteiger partial charge on any atom is 0.303 e. The van der Waals surface area contributed by atoms with Gasteiger partial charge in [0.2, 0.25) is 5.91 Å². The van der Waals surface area contributed by atoms with Crippen molar-refractivity contribution in [1.82, 2.24) is 10.7 Å². The lowest BCUT2D eigenvalue weighted by molar-refractivity contribution is -0.137. The number of carboxylic acids is 1. The van der Waals surface area contributed by atoms with Gasteiger partial charge in [0.05, 0.1) is 17.9 Å². The van der Waals surface area contributed by atoms with Crippen LogP contribution in [-0.2, 0) is 16.0 Å². The summed E-state index contributed by atoms with van der Waals surface area (Å²) >= 11 is 0. The van der Waals surface area contributed by atoms with Crippen molar-refractivity contribution in [2.24, 2.45) is 10.8 Å². The maximum absolute atomic E-state index is 12.3. The van der Waals surface area contributed by atoms with Gasteiger partial charge >= 0.3 is 5.97 Å². The Kier molecular flexibility index (Phi) is 7.89. The summed E-state index contributed by atoms with van der Waals surface area (Å²) in [6.45, 7) is 1.44. The maximum atomic E-state index is 12.3. The van der Waals surface area contributed by atoms with Crippen molar-refractivity contribution in [2.45, 2.75) is 19.8 Å². The van der Waals surface area contributed by atoms with Crippen molar-refractivity contribution in [1.29, 1.82) is 0 Å². The standard InChI is InChI=1S/C20H23N5O5/c1-12-7-13(5-6-18(27)28)19(29)16(8-12)25-17(26)10-22-20(30)14-3-2-4-15(9-14)23-11-24-21/h2-4,7-9,11,29H,5-6,10,21H2,1H3,(H,22,30)(H,23,24)(H,25,26)(H,27,28). The van der Waals surface area contributed by atoms with Gasteiger partial charge in [0.25, 0.3) is 5.91 Å². The minimum atomic E-state index is -0.988. The van der Waals surface area contributed by atoms with Gasteiger partial charge in [0.15, 0.2) is 0 Å². The number of hydrogen-bond donors (Lipinski definition) is 6. The molecule has 0 spiro atoms. The zero-order valence-electron chi connectivity index (χ0n) is 16.3. The average Bonchev–Trinajstić information content (AvgIpc) is 2.71. The fraction of sp³-hybridized carbons (Fsp3) is 0.200. The number of nitrogens with one attached hydrogen (secondary N) is 3. The van der Waals surface area contributed by atoms with E-state index in [1.165, 1.54) is 12.4 Å². The number of rotatable bonds is 9. The van der Waals surface area contributed by atoms with E-state index in [2.05, 4.69) is 21.1 Å². The van der Waals surface area contributed by atoms with Gasteiger partial charge in [0, 0.05) is 12.0 Å². The monoisotopic (exact) mass is 413 g/mol. The second-order valence-electron chi connectivity index (χ2n) is 6.42. The molecule has 0 aliphatic heterocycles. The molecule has 0 saturated heterocycles. The fourth-order valence-electron chi connectivity index (χ4n) is 2.68. The Morgan fingerprint density at radius 3 is 2.67 bits per heavy atom. The van der Waals surface area contributed by atoms with E-state index >= 15 is 0 Å². The van der Waals surface area contributed by atoms with Crippen LogP contribution in [0.5, 0.6) is 5.75 Å². The van der Waals surface area contributed by atoms with Crippen LogP contribution >= 0.6 is 0 Å². The molecular formula is C20H23N5O5. The molecule has 0 bridgehead atoms. The Labute approximate surface area is 172 Å². The molecule has 0 heterocycles. The second-order valence-corrected chi connectivity index (χ2v) is 6.42. The lowest BCUT2D eigenvalue weighted by Crippen LogP contribution is -2.32. The van der Waals surface area contributed by atoms with Crippen molar-refractivity contribution in [3.8, 4) is 5.75 Å². The highest BCUT2D eigenvalue weighted by atomic mass is 16.4. The number of hydrogen-bond acceptors (Lipinski definition) is 6. The van der Waals surface area contributed by atoms with Gasteiger partial charge in [-0.3, -0.25) is 14.4 Å². The third-order valence-corrected chi connectivity index (χ3v) is 4.02. The molecule has 0 atom stereocenters. The molecule has 10 nitrogen and oxygen atoms in total. The van der Waals surface area contributed by atoms with E-state index in [0.29, 0.717) is 16.8 Å². The zero-order chi connectivity index (χ0) is 22.1. The highest BCUT2D eigenvalue weighted by Gasteiger charge is 2.14. The van der Waals surface area contributed by atoms with Crippen LogP contribution in [0.15, 0.2) is 41.4 Å². The van der Waals surface area contributed by atoms with E-state index in [4.69, 9.17) is 10.9 Å². The highest BCUT2D eigenvalue weighted by Crippen LogP contribution is 2.30. The smallest absolute Gasteiger partial charge is 0.303 e. The van der Waals surface area contributed by atoms with E-state index in [0.717, 1.165) is 5.56 Å². The second kappa shape index (κ2) is 10.6. The number of phenols is 1. The number of carboxylic acid groups (broad SMARTS) is 1. The lowest BCUT2D eigenvalue weighted by atomic mass is 10.0. The van der Waals surface area contributed by atoms with Crippen LogP contribution in [0.25, 0.3) is 0 Å². The van der Waals surface area contributed by atoms with Gasteiger partial charge in [-0.1, -0.05) is 12.1 Å². The van der Waals surface area contributed by atoms with Gasteiger partial charge in [-0.05, 0) is 48.7 Å². The predicted octanol–water partition coefficient (Wildman–Crippen LogP) is 1.21. The number of aryl methyl sites for hydroxylation is 2. The van der Waals surface area contributed by atoms with Crippen molar-refractivity contribution >= 4 is 35.5 Å². The number of nitrogens with two attached hydrogens (primary N) is 1. The van der Waals surface area contributed by atoms with Crippen LogP contribution in [0, 0.1) is 6.92 Å². The van der Waals surface area contributed by atoms with E-state index in [1.54, 1.807) is 37.3 Å². The van der Waals surface area contributed by atoms with Crippen molar-refractivity contribution in [2.75, 3.05) is 11.9 Å². The fourth-order valence-corrected chi connectivity index (χ4v) is 2.68. The number of aromatic hydroxyl groups is 1. The molecule has 0 radical (unpaired) electrons. The summed E-state index contributed by atoms with van der Waals surface area (Å²) in [7, 11) is 0. The van der Waals surface area contributed by atoms with Crippen molar-refractivity contribution < 1.29 is 24.6 Å². The molecule has 2 aromatic carbocycles. The molecule has 2 rings (SSSR count). The Balaban J connectivity index is 2.00. The summed E-state index contributed by atoms with van der Waals surface area (Å²) in [5.74, 6) is 2.91. The van der Waals surface area contributed by atoms with E-state index < -0.39 is 17.8 Å². The average molecular weight is 413 g/mol. The third kappa shape index (κ3) is 6.60. The molecule has 30 heavy (non-hydrogen) atoms. The van der Waals surface area contributed by atoms with Gasteiger partial charge in [0.1, 0.15) is 12.1 Å². The van der Waals surface area contributed by atoms with Crippen molar-refractivity contribution in [3.63, 3.8) is 0 Å². The largest absolute Gasteiger partial charge is 0.505 e. The van der Waals surface area contributed by atoms with Crippen LogP contribution in [0.3, 0.4) is 0 Å². The first-order valence-electron chi connectivity index (χ1n) is 9.01. The van der Waals surface area contributed by atoms with Crippen LogP contribution < -0.4 is 21.9 Å². The van der Waals surface area contributed by atoms with E-state index in [9.17, 15) is 19.5 Å². The number of carbonyl (C=O) groups is 3. The first kappa shape index (κ1) is 22.4. The number of amides is 2. The van der Waals surface area contributed by atoms with Gasteiger partial charge in [-0.25, -0.2) is 10.8 Å². The molecule has 0 aliphatic rings. The highest BCUT2D eigenvalue weighted by molar-refractivity contribution is 6.00. The lowest BCUT2D eigenvalue weighted by Gasteiger charge is -2.13. The number of carbonyl (C=O) groups excluding carboxylic acids is 2. The molecule has 2 aromatic rings. The Morgan fingerprint density at radius 2 is 1.97 bits per heavy atom. The van der Waals surface area contributed by atoms with Crippen LogP contribution in [0.2, 0.25) is 0 Å². The molecule has 0 aliphatic carbocycles. The summed E-state index contributed by atoms with van der Waals surface area (Å²) in [6, 6.07) is 9.64. The number of nitrogens with zero attached hydrogens (tertiary/aromatic N) is 1. The summed E-state index contributed by atoms with van der Waals surface area (Å²) in [5.41, 5.74) is 4.39. The first-order chi connectivity index (χ1) is 14.3. The molecular weight excluding hydrogens is 390 g/mol. The Morgan fingerprint density at radius 1 is 1.20 bits per heavy atom. The van der Waals surface area contributed by atoms with Crippen LogP contribution in [-0.4, -0.2) is 40.9 Å². The predicted molar refractivity (Wildman–Crippen MR) is 112 cm³/mol. The molecule has 2 amide bonds. The van der Waals surface area contributed by atoms with Crippen LogP contribution in [0.1, 0.15) is 27.9 Å². The SMILES string of the molecule is Cc1cc(CCC(=O)O)c(O)c(NC(=O)CNC(=O)c2cccc(N=CNN)c2)c1. The molecule has 0 fully saturated rings. The van der Waals surface area contributed by atoms with Gasteiger partial charge in [-0.15, -0.1) is 0 Å².